The number of nitrogens with one attached hydrogen (secondary N) is 2. The van der Waals surface area contributed by atoms with Crippen molar-refractivity contribution in [1.29, 1.82) is 0 Å². The maximum atomic E-state index is 11.8. The van der Waals surface area contributed by atoms with Crippen molar-refractivity contribution >= 4 is 15.9 Å². The van der Waals surface area contributed by atoms with Crippen molar-refractivity contribution in [2.45, 2.75) is 17.7 Å². The highest BCUT2D eigenvalue weighted by atomic mass is 32.2. The summed E-state index contributed by atoms with van der Waals surface area (Å²) in [6.07, 6.45) is 1.42. The third-order valence-corrected chi connectivity index (χ3v) is 4.93. The Kier molecular flexibility index (Phi) is 7.78. The zero-order valence-electron chi connectivity index (χ0n) is 15.3. The zero-order chi connectivity index (χ0) is 19.7. The van der Waals surface area contributed by atoms with Crippen LogP contribution >= 0.6 is 0 Å². The highest BCUT2D eigenvalue weighted by Crippen LogP contribution is 2.12. The summed E-state index contributed by atoms with van der Waals surface area (Å²) in [5, 5.41) is 11.0. The molecule has 8 heteroatoms. The predicted molar refractivity (Wildman–Crippen MR) is 104 cm³/mol. The number of amides is 1. The van der Waals surface area contributed by atoms with E-state index in [0.29, 0.717) is 19.5 Å². The molecule has 2 rings (SSSR count). The van der Waals surface area contributed by atoms with E-state index in [4.69, 9.17) is 9.88 Å². The number of hydrogen-bond acceptors (Lipinski definition) is 5. The van der Waals surface area contributed by atoms with Gasteiger partial charge in [0, 0.05) is 6.54 Å². The van der Waals surface area contributed by atoms with Crippen molar-refractivity contribution in [3.63, 3.8) is 0 Å². The second-order valence-electron chi connectivity index (χ2n) is 6.07. The summed E-state index contributed by atoms with van der Waals surface area (Å²) in [6.45, 7) is 1.41. The van der Waals surface area contributed by atoms with E-state index >= 15 is 0 Å². The van der Waals surface area contributed by atoms with Crippen LogP contribution in [0.15, 0.2) is 53.4 Å². The summed E-state index contributed by atoms with van der Waals surface area (Å²) >= 11 is 0. The number of benzene rings is 2. The Labute approximate surface area is 160 Å². The Hall–Kier alpha value is -2.42. The minimum absolute atomic E-state index is 0.0792. The SMILES string of the molecule is COc1cccc(CCNCC(=O)NCCc2ccc(S(N)(=O)=O)cc2)c1. The Morgan fingerprint density at radius 2 is 1.74 bits per heavy atom. The van der Waals surface area contributed by atoms with E-state index < -0.39 is 10.0 Å². The van der Waals surface area contributed by atoms with Gasteiger partial charge in [-0.2, -0.15) is 0 Å². The van der Waals surface area contributed by atoms with Gasteiger partial charge in [0.1, 0.15) is 5.75 Å². The van der Waals surface area contributed by atoms with Crippen LogP contribution in [-0.4, -0.2) is 41.1 Å². The molecule has 27 heavy (non-hydrogen) atoms. The topological polar surface area (TPSA) is 111 Å². The molecule has 0 aliphatic heterocycles. The Morgan fingerprint density at radius 3 is 2.41 bits per heavy atom. The molecule has 0 saturated carbocycles. The van der Waals surface area contributed by atoms with Crippen LogP contribution in [0, 0.1) is 0 Å². The van der Waals surface area contributed by atoms with Crippen molar-refractivity contribution in [3.05, 3.63) is 59.7 Å². The van der Waals surface area contributed by atoms with Crippen LogP contribution in [0.4, 0.5) is 0 Å². The summed E-state index contributed by atoms with van der Waals surface area (Å²) < 4.78 is 27.6. The van der Waals surface area contributed by atoms with Crippen LogP contribution in [0.5, 0.6) is 5.75 Å². The fourth-order valence-corrected chi connectivity index (χ4v) is 3.03. The molecular weight excluding hydrogens is 366 g/mol. The molecule has 0 fully saturated rings. The van der Waals surface area contributed by atoms with E-state index in [9.17, 15) is 13.2 Å². The van der Waals surface area contributed by atoms with Gasteiger partial charge in [-0.1, -0.05) is 24.3 Å². The summed E-state index contributed by atoms with van der Waals surface area (Å²) in [7, 11) is -2.04. The lowest BCUT2D eigenvalue weighted by Crippen LogP contribution is -2.35. The molecule has 0 aromatic heterocycles. The fourth-order valence-electron chi connectivity index (χ4n) is 2.52. The molecule has 0 bridgehead atoms. The molecule has 4 N–H and O–H groups in total. The van der Waals surface area contributed by atoms with Gasteiger partial charge in [-0.05, 0) is 54.8 Å². The van der Waals surface area contributed by atoms with Crippen molar-refractivity contribution in [2.24, 2.45) is 5.14 Å². The number of sulfonamides is 1. The van der Waals surface area contributed by atoms with Crippen molar-refractivity contribution < 1.29 is 17.9 Å². The third kappa shape index (κ3) is 7.38. The number of primary sulfonamides is 1. The first-order valence-corrected chi connectivity index (χ1v) is 10.2. The van der Waals surface area contributed by atoms with Gasteiger partial charge in [0.15, 0.2) is 0 Å². The van der Waals surface area contributed by atoms with Crippen LogP contribution < -0.4 is 20.5 Å². The van der Waals surface area contributed by atoms with E-state index in [1.54, 1.807) is 19.2 Å². The average Bonchev–Trinajstić information content (AvgIpc) is 2.65. The Morgan fingerprint density at radius 1 is 1.04 bits per heavy atom. The number of carbonyl (C=O) groups is 1. The van der Waals surface area contributed by atoms with Gasteiger partial charge in [-0.15, -0.1) is 0 Å². The Balaban J connectivity index is 1.63. The van der Waals surface area contributed by atoms with E-state index in [1.165, 1.54) is 12.1 Å². The molecule has 0 atom stereocenters. The first-order chi connectivity index (χ1) is 12.9. The number of rotatable bonds is 10. The van der Waals surface area contributed by atoms with Crippen LogP contribution in [0.2, 0.25) is 0 Å². The highest BCUT2D eigenvalue weighted by molar-refractivity contribution is 7.89. The molecule has 1 amide bonds. The van der Waals surface area contributed by atoms with Gasteiger partial charge < -0.3 is 15.4 Å². The zero-order valence-corrected chi connectivity index (χ0v) is 16.1. The van der Waals surface area contributed by atoms with Gasteiger partial charge in [0.05, 0.1) is 18.6 Å². The quantitative estimate of drug-likeness (QED) is 0.520. The first-order valence-electron chi connectivity index (χ1n) is 8.60. The first kappa shape index (κ1) is 20.9. The molecule has 0 saturated heterocycles. The fraction of sp³-hybridized carbons (Fsp3) is 0.316. The standard InChI is InChI=1S/C19H25N3O4S/c1-26-17-4-2-3-16(13-17)9-11-21-14-19(23)22-12-10-15-5-7-18(8-6-15)27(20,24)25/h2-8,13,21H,9-12,14H2,1H3,(H,22,23)(H2,20,24,25). The van der Waals surface area contributed by atoms with Gasteiger partial charge in [-0.25, -0.2) is 13.6 Å². The summed E-state index contributed by atoms with van der Waals surface area (Å²) in [5.74, 6) is 0.740. The van der Waals surface area contributed by atoms with Crippen LogP contribution in [0.25, 0.3) is 0 Å². The van der Waals surface area contributed by atoms with Crippen molar-refractivity contribution in [3.8, 4) is 5.75 Å². The molecule has 0 spiro atoms. The summed E-state index contributed by atoms with van der Waals surface area (Å²) in [4.78, 5) is 11.9. The molecule has 7 nitrogen and oxygen atoms in total. The average molecular weight is 391 g/mol. The molecule has 0 aliphatic rings. The normalized spacial score (nSPS) is 11.2. The van der Waals surface area contributed by atoms with Gasteiger partial charge >= 0.3 is 0 Å². The van der Waals surface area contributed by atoms with Crippen LogP contribution in [0.3, 0.4) is 0 Å². The number of ether oxygens (including phenoxy) is 1. The van der Waals surface area contributed by atoms with Crippen molar-refractivity contribution in [2.75, 3.05) is 26.7 Å². The smallest absolute Gasteiger partial charge is 0.238 e. The van der Waals surface area contributed by atoms with Gasteiger partial charge in [0.2, 0.25) is 15.9 Å². The number of hydrogen-bond donors (Lipinski definition) is 3. The molecular formula is C19H25N3O4S. The van der Waals surface area contributed by atoms with Gasteiger partial charge in [0.25, 0.3) is 0 Å². The predicted octanol–water partition coefficient (Wildman–Crippen LogP) is 0.834. The molecule has 146 valence electrons. The lowest BCUT2D eigenvalue weighted by molar-refractivity contribution is -0.120. The third-order valence-electron chi connectivity index (χ3n) is 4.00. The Bertz CT molecular complexity index is 852. The molecule has 2 aromatic rings. The second kappa shape index (κ2) is 10.1. The van der Waals surface area contributed by atoms with E-state index in [2.05, 4.69) is 10.6 Å². The molecule has 2 aromatic carbocycles. The van der Waals surface area contributed by atoms with E-state index in [0.717, 1.165) is 23.3 Å². The molecule has 0 radical (unpaired) electrons. The van der Waals surface area contributed by atoms with Gasteiger partial charge in [-0.3, -0.25) is 4.79 Å². The minimum atomic E-state index is -3.68. The maximum absolute atomic E-state index is 11.8. The highest BCUT2D eigenvalue weighted by Gasteiger charge is 2.07. The number of methoxy groups -OCH3 is 1. The largest absolute Gasteiger partial charge is 0.497 e. The maximum Gasteiger partial charge on any atom is 0.238 e. The van der Waals surface area contributed by atoms with Crippen LogP contribution in [0.1, 0.15) is 11.1 Å². The minimum Gasteiger partial charge on any atom is -0.497 e. The van der Waals surface area contributed by atoms with E-state index in [1.807, 2.05) is 24.3 Å². The second-order valence-corrected chi connectivity index (χ2v) is 7.63. The summed E-state index contributed by atoms with van der Waals surface area (Å²) in [5.41, 5.74) is 2.07. The summed E-state index contributed by atoms with van der Waals surface area (Å²) in [6, 6.07) is 14.1. The lowest BCUT2D eigenvalue weighted by Gasteiger charge is -2.08. The van der Waals surface area contributed by atoms with Crippen LogP contribution in [-0.2, 0) is 27.7 Å². The molecule has 0 unspecified atom stereocenters. The van der Waals surface area contributed by atoms with Crippen molar-refractivity contribution in [1.82, 2.24) is 10.6 Å². The lowest BCUT2D eigenvalue weighted by atomic mass is 10.1. The number of carbonyl (C=O) groups excluding carboxylic acids is 1. The van der Waals surface area contributed by atoms with E-state index in [-0.39, 0.29) is 17.3 Å². The number of nitrogens with two attached hydrogens (primary N) is 1. The molecule has 0 aliphatic carbocycles. The monoisotopic (exact) mass is 391 g/mol. The molecule has 0 heterocycles.